The summed E-state index contributed by atoms with van der Waals surface area (Å²) in [5.74, 6) is 1.06. The smallest absolute Gasteiger partial charge is 0.217 e. The average molecular weight is 307 g/mol. The molecule has 0 aliphatic heterocycles. The number of nitrogens with zero attached hydrogens (tertiary/aromatic N) is 1. The highest BCUT2D eigenvalue weighted by atomic mass is 79.9. The molecule has 1 heterocycles. The quantitative estimate of drug-likeness (QED) is 0.769. The van der Waals surface area contributed by atoms with Crippen molar-refractivity contribution in [3.63, 3.8) is 0 Å². The third kappa shape index (κ3) is 4.71. The summed E-state index contributed by atoms with van der Waals surface area (Å²) in [6.45, 7) is 7.23. The van der Waals surface area contributed by atoms with Crippen molar-refractivity contribution in [3.05, 3.63) is 22.3 Å². The van der Waals surface area contributed by atoms with Gasteiger partial charge in [0.25, 0.3) is 0 Å². The van der Waals surface area contributed by atoms with Crippen LogP contribution in [0.5, 0.6) is 5.88 Å². The Morgan fingerprint density at radius 2 is 2.12 bits per heavy atom. The first-order chi connectivity index (χ1) is 7.42. The lowest BCUT2D eigenvalue weighted by atomic mass is 9.93. The van der Waals surface area contributed by atoms with Gasteiger partial charge >= 0.3 is 0 Å². The fourth-order valence-electron chi connectivity index (χ4n) is 1.15. The van der Waals surface area contributed by atoms with E-state index in [-0.39, 0.29) is 5.41 Å². The first-order valence-corrected chi connectivity index (χ1v) is 6.58. The molecule has 16 heavy (non-hydrogen) atoms. The highest BCUT2D eigenvalue weighted by Gasteiger charge is 2.11. The molecular weight excluding hydrogens is 289 g/mol. The van der Waals surface area contributed by atoms with Crippen LogP contribution in [-0.4, -0.2) is 11.6 Å². The van der Waals surface area contributed by atoms with Crippen molar-refractivity contribution in [2.75, 3.05) is 6.61 Å². The van der Waals surface area contributed by atoms with Crippen LogP contribution < -0.4 is 4.74 Å². The molecule has 1 rings (SSSR count). The molecule has 0 amide bonds. The second-order valence-corrected chi connectivity index (χ2v) is 6.09. The van der Waals surface area contributed by atoms with Gasteiger partial charge in [0.1, 0.15) is 0 Å². The van der Waals surface area contributed by atoms with Gasteiger partial charge in [0.15, 0.2) is 0 Å². The number of aromatic nitrogens is 1. The van der Waals surface area contributed by atoms with E-state index in [1.807, 2.05) is 6.07 Å². The predicted molar refractivity (Wildman–Crippen MR) is 71.1 cm³/mol. The Labute approximate surface area is 110 Å². The van der Waals surface area contributed by atoms with Gasteiger partial charge in [-0.3, -0.25) is 0 Å². The third-order valence-corrected chi connectivity index (χ3v) is 2.85. The summed E-state index contributed by atoms with van der Waals surface area (Å²) in [5.41, 5.74) is 1.20. The van der Waals surface area contributed by atoms with Crippen LogP contribution >= 0.6 is 27.5 Å². The van der Waals surface area contributed by atoms with E-state index in [0.717, 1.165) is 16.5 Å². The van der Waals surface area contributed by atoms with Crippen LogP contribution in [0.2, 0.25) is 0 Å². The van der Waals surface area contributed by atoms with Crippen molar-refractivity contribution in [2.45, 2.75) is 33.1 Å². The van der Waals surface area contributed by atoms with Crippen LogP contribution in [0.3, 0.4) is 0 Å². The van der Waals surface area contributed by atoms with Gasteiger partial charge in [-0.15, -0.1) is 11.6 Å². The minimum Gasteiger partial charge on any atom is -0.477 e. The standard InChI is InChI=1S/C12H17BrClNO/c1-12(2,3)4-5-16-11-9(7-14)6-10(13)8-15-11/h6,8H,4-5,7H2,1-3H3. The molecule has 4 heteroatoms. The zero-order chi connectivity index (χ0) is 12.2. The molecule has 0 saturated carbocycles. The molecule has 0 aliphatic rings. The van der Waals surface area contributed by atoms with Gasteiger partial charge in [-0.2, -0.15) is 0 Å². The molecule has 0 spiro atoms. The van der Waals surface area contributed by atoms with Crippen molar-refractivity contribution in [3.8, 4) is 5.88 Å². The van der Waals surface area contributed by atoms with Crippen molar-refractivity contribution in [2.24, 2.45) is 5.41 Å². The Morgan fingerprint density at radius 1 is 1.44 bits per heavy atom. The monoisotopic (exact) mass is 305 g/mol. The molecule has 0 radical (unpaired) electrons. The molecule has 0 N–H and O–H groups in total. The number of hydrogen-bond donors (Lipinski definition) is 0. The van der Waals surface area contributed by atoms with Crippen LogP contribution in [0.25, 0.3) is 0 Å². The zero-order valence-corrected chi connectivity index (χ0v) is 12.2. The normalized spacial score (nSPS) is 11.6. The maximum Gasteiger partial charge on any atom is 0.217 e. The fourth-order valence-corrected chi connectivity index (χ4v) is 1.72. The molecule has 2 nitrogen and oxygen atoms in total. The summed E-state index contributed by atoms with van der Waals surface area (Å²) in [4.78, 5) is 4.22. The molecule has 1 aromatic rings. The number of pyridine rings is 1. The summed E-state index contributed by atoms with van der Waals surface area (Å²) in [6, 6.07) is 1.94. The van der Waals surface area contributed by atoms with E-state index in [0.29, 0.717) is 18.4 Å². The second-order valence-electron chi connectivity index (χ2n) is 4.91. The number of alkyl halides is 1. The van der Waals surface area contributed by atoms with E-state index in [1.165, 1.54) is 0 Å². The first-order valence-electron chi connectivity index (χ1n) is 5.25. The summed E-state index contributed by atoms with van der Waals surface area (Å²) < 4.78 is 6.57. The van der Waals surface area contributed by atoms with E-state index in [2.05, 4.69) is 41.7 Å². The summed E-state index contributed by atoms with van der Waals surface area (Å²) in [7, 11) is 0. The van der Waals surface area contributed by atoms with Crippen molar-refractivity contribution < 1.29 is 4.74 Å². The minimum absolute atomic E-state index is 0.274. The average Bonchev–Trinajstić information content (AvgIpc) is 2.18. The zero-order valence-electron chi connectivity index (χ0n) is 9.89. The number of hydrogen-bond acceptors (Lipinski definition) is 2. The van der Waals surface area contributed by atoms with Gasteiger partial charge in [-0.05, 0) is 33.8 Å². The molecule has 0 bridgehead atoms. The van der Waals surface area contributed by atoms with Gasteiger partial charge in [0.2, 0.25) is 5.88 Å². The highest BCUT2D eigenvalue weighted by Crippen LogP contribution is 2.23. The summed E-state index contributed by atoms with van der Waals surface area (Å²) in [6.07, 6.45) is 2.72. The number of ether oxygens (including phenoxy) is 1. The molecule has 0 atom stereocenters. The van der Waals surface area contributed by atoms with E-state index in [1.54, 1.807) is 6.20 Å². The van der Waals surface area contributed by atoms with E-state index < -0.39 is 0 Å². The van der Waals surface area contributed by atoms with E-state index >= 15 is 0 Å². The predicted octanol–water partition coefficient (Wildman–Crippen LogP) is 4.40. The molecule has 0 aliphatic carbocycles. The van der Waals surface area contributed by atoms with Crippen LogP contribution in [0.15, 0.2) is 16.7 Å². The third-order valence-electron chi connectivity index (χ3n) is 2.13. The number of rotatable bonds is 4. The fraction of sp³-hybridized carbons (Fsp3) is 0.583. The largest absolute Gasteiger partial charge is 0.477 e. The second kappa shape index (κ2) is 5.87. The molecular formula is C12H17BrClNO. The van der Waals surface area contributed by atoms with Crippen LogP contribution in [-0.2, 0) is 5.88 Å². The Hall–Kier alpha value is -0.280. The summed E-state index contributed by atoms with van der Waals surface area (Å²) >= 11 is 9.19. The lowest BCUT2D eigenvalue weighted by Gasteiger charge is -2.18. The van der Waals surface area contributed by atoms with Gasteiger partial charge < -0.3 is 4.74 Å². The van der Waals surface area contributed by atoms with Crippen LogP contribution in [0, 0.1) is 5.41 Å². The van der Waals surface area contributed by atoms with Gasteiger partial charge in [0, 0.05) is 16.2 Å². The molecule has 1 aromatic heterocycles. The summed E-state index contributed by atoms with van der Waals surface area (Å²) in [5, 5.41) is 0. The van der Waals surface area contributed by atoms with Gasteiger partial charge in [-0.25, -0.2) is 4.98 Å². The lowest BCUT2D eigenvalue weighted by molar-refractivity contribution is 0.235. The van der Waals surface area contributed by atoms with Gasteiger partial charge in [0.05, 0.1) is 12.5 Å². The maximum atomic E-state index is 5.83. The molecule has 0 aromatic carbocycles. The first kappa shape index (κ1) is 13.8. The maximum absolute atomic E-state index is 5.83. The molecule has 90 valence electrons. The molecule has 0 unspecified atom stereocenters. The Kier molecular flexibility index (Phi) is 5.06. The van der Waals surface area contributed by atoms with Crippen molar-refractivity contribution in [1.29, 1.82) is 0 Å². The minimum atomic E-state index is 0.274. The van der Waals surface area contributed by atoms with E-state index in [4.69, 9.17) is 16.3 Å². The topological polar surface area (TPSA) is 22.1 Å². The molecule has 0 fully saturated rings. The highest BCUT2D eigenvalue weighted by molar-refractivity contribution is 9.10. The lowest BCUT2D eigenvalue weighted by Crippen LogP contribution is -2.12. The number of halogens is 2. The van der Waals surface area contributed by atoms with Crippen molar-refractivity contribution >= 4 is 27.5 Å². The molecule has 0 saturated heterocycles. The Morgan fingerprint density at radius 3 is 2.69 bits per heavy atom. The Balaban J connectivity index is 2.60. The van der Waals surface area contributed by atoms with E-state index in [9.17, 15) is 0 Å². The SMILES string of the molecule is CC(C)(C)CCOc1ncc(Br)cc1CCl. The van der Waals surface area contributed by atoms with Crippen LogP contribution in [0.1, 0.15) is 32.8 Å². The Bertz CT molecular complexity index is 349. The van der Waals surface area contributed by atoms with Crippen molar-refractivity contribution in [1.82, 2.24) is 4.98 Å². The van der Waals surface area contributed by atoms with Gasteiger partial charge in [-0.1, -0.05) is 20.8 Å². The van der Waals surface area contributed by atoms with Crippen LogP contribution in [0.4, 0.5) is 0 Å².